The Bertz CT molecular complexity index is 1340. The van der Waals surface area contributed by atoms with E-state index in [4.69, 9.17) is 27.9 Å². The lowest BCUT2D eigenvalue weighted by Crippen LogP contribution is -2.43. The molecule has 0 saturated heterocycles. The molecule has 1 N–H and O–H groups in total. The Morgan fingerprint density at radius 2 is 1.32 bits per heavy atom. The van der Waals surface area contributed by atoms with Crippen LogP contribution < -0.4 is 10.1 Å². The molecule has 0 unspecified atom stereocenters. The van der Waals surface area contributed by atoms with E-state index in [0.717, 1.165) is 28.0 Å². The third-order valence-corrected chi connectivity index (χ3v) is 6.66. The van der Waals surface area contributed by atoms with Gasteiger partial charge in [0.15, 0.2) is 0 Å². The fourth-order valence-corrected chi connectivity index (χ4v) is 4.38. The van der Waals surface area contributed by atoms with Gasteiger partial charge in [0.25, 0.3) is 0 Å². The van der Waals surface area contributed by atoms with Crippen LogP contribution in [0.25, 0.3) is 0 Å². The van der Waals surface area contributed by atoms with Crippen molar-refractivity contribution in [3.05, 3.63) is 135 Å². The summed E-state index contributed by atoms with van der Waals surface area (Å²) in [6, 6.07) is 30.4. The van der Waals surface area contributed by atoms with Crippen molar-refractivity contribution >= 4 is 35.0 Å². The van der Waals surface area contributed by atoms with Crippen molar-refractivity contribution in [2.75, 3.05) is 7.11 Å². The number of methoxy groups -OCH3 is 1. The number of amides is 2. The smallest absolute Gasteiger partial charge is 0.247 e. The second kappa shape index (κ2) is 13.1. The minimum Gasteiger partial charge on any atom is -0.497 e. The fourth-order valence-electron chi connectivity index (χ4n) is 4.13. The summed E-state index contributed by atoms with van der Waals surface area (Å²) in [6.07, 6.45) is 0.125. The van der Waals surface area contributed by atoms with Crippen LogP contribution in [-0.2, 0) is 29.1 Å². The SMILES string of the molecule is COc1ccc(CNC(=O)[C@H](c2ccccc2)N(Cc2ccc(Cl)cc2)C(=O)Cc2ccc(Cl)cc2)cc1. The Morgan fingerprint density at radius 1 is 0.763 bits per heavy atom. The van der Waals surface area contributed by atoms with Gasteiger partial charge in [-0.15, -0.1) is 0 Å². The first-order valence-electron chi connectivity index (χ1n) is 12.2. The molecule has 38 heavy (non-hydrogen) atoms. The number of nitrogens with one attached hydrogen (secondary N) is 1. The second-order valence-electron chi connectivity index (χ2n) is 8.83. The van der Waals surface area contributed by atoms with Crippen LogP contribution in [-0.4, -0.2) is 23.8 Å². The Morgan fingerprint density at radius 3 is 1.89 bits per heavy atom. The maximum atomic E-state index is 13.8. The van der Waals surface area contributed by atoms with E-state index in [1.807, 2.05) is 78.9 Å². The zero-order valence-corrected chi connectivity index (χ0v) is 22.5. The van der Waals surface area contributed by atoms with Crippen molar-refractivity contribution in [1.29, 1.82) is 0 Å². The van der Waals surface area contributed by atoms with Gasteiger partial charge in [-0.25, -0.2) is 0 Å². The Balaban J connectivity index is 1.65. The summed E-state index contributed by atoms with van der Waals surface area (Å²) in [4.78, 5) is 29.2. The van der Waals surface area contributed by atoms with Gasteiger partial charge in [-0.3, -0.25) is 9.59 Å². The summed E-state index contributed by atoms with van der Waals surface area (Å²) in [5.74, 6) is 0.283. The molecule has 0 spiro atoms. The monoisotopic (exact) mass is 546 g/mol. The fraction of sp³-hybridized carbons (Fsp3) is 0.161. The predicted octanol–water partition coefficient (Wildman–Crippen LogP) is 6.63. The highest BCUT2D eigenvalue weighted by molar-refractivity contribution is 6.30. The number of rotatable bonds is 10. The quantitative estimate of drug-likeness (QED) is 0.243. The van der Waals surface area contributed by atoms with Crippen molar-refractivity contribution in [1.82, 2.24) is 10.2 Å². The van der Waals surface area contributed by atoms with Crippen LogP contribution in [0.3, 0.4) is 0 Å². The molecule has 5 nitrogen and oxygen atoms in total. The lowest BCUT2D eigenvalue weighted by Gasteiger charge is -2.32. The van der Waals surface area contributed by atoms with Crippen LogP contribution in [0.15, 0.2) is 103 Å². The van der Waals surface area contributed by atoms with E-state index in [9.17, 15) is 9.59 Å². The second-order valence-corrected chi connectivity index (χ2v) is 9.70. The van der Waals surface area contributed by atoms with Crippen molar-refractivity contribution in [3.63, 3.8) is 0 Å². The number of ether oxygens (including phenoxy) is 1. The first-order valence-corrected chi connectivity index (χ1v) is 12.9. The Kier molecular flexibility index (Phi) is 9.41. The molecule has 4 aromatic rings. The van der Waals surface area contributed by atoms with Crippen molar-refractivity contribution in [2.24, 2.45) is 0 Å². The lowest BCUT2D eigenvalue weighted by molar-refractivity contribution is -0.141. The minimum absolute atomic E-state index is 0.125. The molecule has 4 rings (SSSR count). The molecule has 1 atom stereocenters. The van der Waals surface area contributed by atoms with Gasteiger partial charge in [-0.1, -0.05) is 89.9 Å². The lowest BCUT2D eigenvalue weighted by atomic mass is 10.0. The van der Waals surface area contributed by atoms with E-state index < -0.39 is 6.04 Å². The summed E-state index contributed by atoms with van der Waals surface area (Å²) in [6.45, 7) is 0.547. The van der Waals surface area contributed by atoms with E-state index in [2.05, 4.69) is 5.32 Å². The number of hydrogen-bond acceptors (Lipinski definition) is 3. The van der Waals surface area contributed by atoms with E-state index in [1.165, 1.54) is 0 Å². The molecule has 2 amide bonds. The van der Waals surface area contributed by atoms with Crippen molar-refractivity contribution in [3.8, 4) is 5.75 Å². The molecule has 194 valence electrons. The number of benzene rings is 4. The molecule has 0 heterocycles. The predicted molar refractivity (Wildman–Crippen MR) is 151 cm³/mol. The summed E-state index contributed by atoms with van der Waals surface area (Å²) >= 11 is 12.1. The third kappa shape index (κ3) is 7.37. The van der Waals surface area contributed by atoms with Gasteiger partial charge in [-0.2, -0.15) is 0 Å². The maximum Gasteiger partial charge on any atom is 0.247 e. The van der Waals surface area contributed by atoms with Gasteiger partial charge >= 0.3 is 0 Å². The molecule has 7 heteroatoms. The molecular formula is C31H28Cl2N2O3. The minimum atomic E-state index is -0.843. The van der Waals surface area contributed by atoms with Gasteiger partial charge in [0, 0.05) is 23.1 Å². The summed E-state index contributed by atoms with van der Waals surface area (Å²) in [5.41, 5.74) is 3.31. The number of hydrogen-bond donors (Lipinski definition) is 1. The molecule has 0 radical (unpaired) electrons. The van der Waals surface area contributed by atoms with Gasteiger partial charge in [0.05, 0.1) is 13.5 Å². The molecule has 0 aromatic heterocycles. The van der Waals surface area contributed by atoms with E-state index in [1.54, 1.807) is 36.3 Å². The zero-order chi connectivity index (χ0) is 26.9. The van der Waals surface area contributed by atoms with Crippen LogP contribution in [0.5, 0.6) is 5.75 Å². The van der Waals surface area contributed by atoms with Gasteiger partial charge in [0.2, 0.25) is 11.8 Å². The first kappa shape index (κ1) is 27.2. The van der Waals surface area contributed by atoms with Crippen molar-refractivity contribution in [2.45, 2.75) is 25.6 Å². The van der Waals surface area contributed by atoms with Crippen LogP contribution in [0, 0.1) is 0 Å². The average Bonchev–Trinajstić information content (AvgIpc) is 2.94. The Labute approximate surface area is 233 Å². The molecule has 0 aliphatic rings. The number of carbonyl (C=O) groups is 2. The van der Waals surface area contributed by atoms with Crippen LogP contribution in [0.1, 0.15) is 28.3 Å². The first-order chi connectivity index (χ1) is 18.4. The summed E-state index contributed by atoms with van der Waals surface area (Å²) in [7, 11) is 1.61. The zero-order valence-electron chi connectivity index (χ0n) is 20.9. The van der Waals surface area contributed by atoms with Crippen LogP contribution >= 0.6 is 23.2 Å². The topological polar surface area (TPSA) is 58.6 Å². The van der Waals surface area contributed by atoms with Crippen LogP contribution in [0.2, 0.25) is 10.0 Å². The van der Waals surface area contributed by atoms with E-state index in [-0.39, 0.29) is 24.8 Å². The molecule has 0 fully saturated rings. The standard InChI is InChI=1S/C31H28Cl2N2O3/c1-38-28-17-11-23(12-18-28)20-34-31(37)30(25-5-3-2-4-6-25)35(21-24-9-15-27(33)16-10-24)29(36)19-22-7-13-26(32)14-8-22/h2-18,30H,19-21H2,1H3,(H,34,37)/t30-/m0/s1. The maximum absolute atomic E-state index is 13.8. The van der Waals surface area contributed by atoms with Gasteiger partial charge < -0.3 is 15.0 Å². The molecule has 4 aromatic carbocycles. The number of nitrogens with zero attached hydrogens (tertiary/aromatic N) is 1. The highest BCUT2D eigenvalue weighted by Crippen LogP contribution is 2.26. The van der Waals surface area contributed by atoms with Gasteiger partial charge in [-0.05, 0) is 58.7 Å². The number of halogens is 2. The highest BCUT2D eigenvalue weighted by Gasteiger charge is 2.31. The highest BCUT2D eigenvalue weighted by atomic mass is 35.5. The van der Waals surface area contributed by atoms with E-state index >= 15 is 0 Å². The molecular weight excluding hydrogens is 519 g/mol. The largest absolute Gasteiger partial charge is 0.497 e. The molecule has 0 saturated carbocycles. The molecule has 0 aliphatic heterocycles. The molecule has 0 bridgehead atoms. The average molecular weight is 547 g/mol. The Hall–Kier alpha value is -3.80. The molecule has 0 aliphatic carbocycles. The normalized spacial score (nSPS) is 11.4. The van der Waals surface area contributed by atoms with Gasteiger partial charge in [0.1, 0.15) is 11.8 Å². The van der Waals surface area contributed by atoms with Crippen molar-refractivity contribution < 1.29 is 14.3 Å². The number of carbonyl (C=O) groups excluding carboxylic acids is 2. The summed E-state index contributed by atoms with van der Waals surface area (Å²) < 4.78 is 5.22. The van der Waals surface area contributed by atoms with Crippen LogP contribution in [0.4, 0.5) is 0 Å². The third-order valence-electron chi connectivity index (χ3n) is 6.16. The van der Waals surface area contributed by atoms with E-state index in [0.29, 0.717) is 16.6 Å². The summed E-state index contributed by atoms with van der Waals surface area (Å²) in [5, 5.41) is 4.22.